The van der Waals surface area contributed by atoms with Crippen LogP contribution in [0.15, 0.2) is 48.8 Å². The minimum absolute atomic E-state index is 0.739. The molecule has 14 heavy (non-hydrogen) atoms. The van der Waals surface area contributed by atoms with E-state index < -0.39 is 0 Å². The highest BCUT2D eigenvalue weighted by Crippen LogP contribution is 2.15. The maximum atomic E-state index is 5.55. The second-order valence-corrected chi connectivity index (χ2v) is 3.48. The normalized spacial score (nSPS) is 10.6. The molecule has 0 aliphatic rings. The fourth-order valence-corrected chi connectivity index (χ4v) is 1.60. The average molecular weight is 186 g/mol. The van der Waals surface area contributed by atoms with Crippen molar-refractivity contribution in [1.82, 2.24) is 4.57 Å². The van der Waals surface area contributed by atoms with Crippen molar-refractivity contribution in [2.24, 2.45) is 5.73 Å². The monoisotopic (exact) mass is 186 g/mol. The van der Waals surface area contributed by atoms with Gasteiger partial charge in [0.2, 0.25) is 0 Å². The highest BCUT2D eigenvalue weighted by Gasteiger charge is 1.98. The summed E-state index contributed by atoms with van der Waals surface area (Å²) in [6.45, 7) is 4.60. The number of fused-ring (bicyclic) bond motifs is 1. The fraction of sp³-hybridized carbons (Fsp3) is 0.167. The third-order valence-electron chi connectivity index (χ3n) is 2.35. The summed E-state index contributed by atoms with van der Waals surface area (Å²) in [5, 5.41) is 1.27. The first kappa shape index (κ1) is 8.88. The fourth-order valence-electron chi connectivity index (χ4n) is 1.60. The van der Waals surface area contributed by atoms with Gasteiger partial charge in [0, 0.05) is 30.4 Å². The van der Waals surface area contributed by atoms with Gasteiger partial charge in [-0.05, 0) is 17.5 Å². The van der Waals surface area contributed by atoms with E-state index in [9.17, 15) is 0 Å². The van der Waals surface area contributed by atoms with E-state index in [1.165, 1.54) is 10.9 Å². The van der Waals surface area contributed by atoms with Gasteiger partial charge >= 0.3 is 0 Å². The zero-order valence-electron chi connectivity index (χ0n) is 8.11. The summed E-state index contributed by atoms with van der Waals surface area (Å²) in [7, 11) is 0. The van der Waals surface area contributed by atoms with Gasteiger partial charge in [-0.15, -0.1) is 0 Å². The van der Waals surface area contributed by atoms with Gasteiger partial charge in [-0.1, -0.05) is 24.8 Å². The maximum Gasteiger partial charge on any atom is 0.0480 e. The van der Waals surface area contributed by atoms with Crippen LogP contribution >= 0.6 is 0 Å². The molecule has 0 amide bonds. The Balaban J connectivity index is 2.29. The average Bonchev–Trinajstić information content (AvgIpc) is 2.58. The molecule has 1 aromatic heterocycles. The molecule has 2 nitrogen and oxygen atoms in total. The summed E-state index contributed by atoms with van der Waals surface area (Å²) in [4.78, 5) is 0. The van der Waals surface area contributed by atoms with Gasteiger partial charge in [-0.2, -0.15) is 0 Å². The Bertz CT molecular complexity index is 454. The Kier molecular flexibility index (Phi) is 2.27. The van der Waals surface area contributed by atoms with Crippen LogP contribution in [0.1, 0.15) is 6.42 Å². The first-order chi connectivity index (χ1) is 6.77. The number of nitrogens with two attached hydrogens (primary N) is 1. The van der Waals surface area contributed by atoms with E-state index >= 15 is 0 Å². The third-order valence-corrected chi connectivity index (χ3v) is 2.35. The number of hydrogen-bond donors (Lipinski definition) is 1. The van der Waals surface area contributed by atoms with Gasteiger partial charge in [0.15, 0.2) is 0 Å². The first-order valence-electron chi connectivity index (χ1n) is 4.74. The van der Waals surface area contributed by atoms with E-state index in [4.69, 9.17) is 5.73 Å². The summed E-state index contributed by atoms with van der Waals surface area (Å²) in [5.74, 6) is 0. The predicted octanol–water partition coefficient (Wildman–Crippen LogP) is 2.50. The summed E-state index contributed by atoms with van der Waals surface area (Å²) in [6.07, 6.45) is 2.92. The molecule has 0 aliphatic carbocycles. The van der Waals surface area contributed by atoms with E-state index in [0.717, 1.165) is 18.7 Å². The number of nitrogens with zero attached hydrogens (tertiary/aromatic N) is 1. The zero-order chi connectivity index (χ0) is 9.97. The van der Waals surface area contributed by atoms with Crippen LogP contribution in [0.2, 0.25) is 0 Å². The van der Waals surface area contributed by atoms with Crippen LogP contribution < -0.4 is 5.73 Å². The molecule has 0 spiro atoms. The number of benzene rings is 1. The standard InChI is InChI=1S/C12H14N2/c1-10(13)6-8-14-9-7-11-4-2-3-5-12(11)14/h2-5,7,9H,1,6,8,13H2. The van der Waals surface area contributed by atoms with Crippen molar-refractivity contribution >= 4 is 10.9 Å². The Labute approximate surface area is 83.6 Å². The number of para-hydroxylation sites is 1. The van der Waals surface area contributed by atoms with Crippen molar-refractivity contribution in [3.8, 4) is 0 Å². The molecule has 0 aliphatic heterocycles. The van der Waals surface area contributed by atoms with Crippen molar-refractivity contribution in [2.45, 2.75) is 13.0 Å². The lowest BCUT2D eigenvalue weighted by Gasteiger charge is -2.04. The minimum Gasteiger partial charge on any atom is -0.402 e. The van der Waals surface area contributed by atoms with Crippen molar-refractivity contribution in [3.05, 3.63) is 48.8 Å². The van der Waals surface area contributed by atoms with E-state index in [0.29, 0.717) is 0 Å². The Morgan fingerprint density at radius 2 is 2.07 bits per heavy atom. The molecule has 0 radical (unpaired) electrons. The molecule has 0 saturated carbocycles. The van der Waals surface area contributed by atoms with Crippen molar-refractivity contribution in [2.75, 3.05) is 0 Å². The smallest absolute Gasteiger partial charge is 0.0480 e. The van der Waals surface area contributed by atoms with Gasteiger partial charge in [-0.25, -0.2) is 0 Å². The second-order valence-electron chi connectivity index (χ2n) is 3.48. The van der Waals surface area contributed by atoms with Crippen molar-refractivity contribution in [3.63, 3.8) is 0 Å². The van der Waals surface area contributed by atoms with Crippen LogP contribution in [0.4, 0.5) is 0 Å². The van der Waals surface area contributed by atoms with E-state index in [2.05, 4.69) is 47.7 Å². The zero-order valence-corrected chi connectivity index (χ0v) is 8.11. The number of aromatic nitrogens is 1. The predicted molar refractivity (Wildman–Crippen MR) is 59.9 cm³/mol. The van der Waals surface area contributed by atoms with Crippen molar-refractivity contribution < 1.29 is 0 Å². The molecule has 0 fully saturated rings. The maximum absolute atomic E-state index is 5.55. The van der Waals surface area contributed by atoms with Gasteiger partial charge in [-0.3, -0.25) is 0 Å². The van der Waals surface area contributed by atoms with Crippen LogP contribution in [0.3, 0.4) is 0 Å². The molecule has 2 rings (SSSR count). The SMILES string of the molecule is C=C(N)CCn1ccc2ccccc21. The second kappa shape index (κ2) is 3.58. The van der Waals surface area contributed by atoms with E-state index in [-0.39, 0.29) is 0 Å². The highest BCUT2D eigenvalue weighted by molar-refractivity contribution is 5.79. The number of hydrogen-bond acceptors (Lipinski definition) is 1. The Hall–Kier alpha value is -1.70. The molecule has 0 atom stereocenters. The Morgan fingerprint density at radius 1 is 1.29 bits per heavy atom. The van der Waals surface area contributed by atoms with Crippen LogP contribution in [0.5, 0.6) is 0 Å². The molecule has 2 N–H and O–H groups in total. The molecule has 2 heteroatoms. The molecule has 2 aromatic rings. The van der Waals surface area contributed by atoms with Crippen molar-refractivity contribution in [1.29, 1.82) is 0 Å². The summed E-state index contributed by atoms with van der Waals surface area (Å²) in [6, 6.07) is 10.5. The summed E-state index contributed by atoms with van der Waals surface area (Å²) >= 11 is 0. The lowest BCUT2D eigenvalue weighted by atomic mass is 10.2. The first-order valence-corrected chi connectivity index (χ1v) is 4.74. The molecule has 1 heterocycles. The molecule has 0 bridgehead atoms. The molecule has 72 valence electrons. The summed E-state index contributed by atoms with van der Waals surface area (Å²) in [5.41, 5.74) is 7.54. The van der Waals surface area contributed by atoms with E-state index in [1.54, 1.807) is 0 Å². The number of allylic oxidation sites excluding steroid dienone is 1. The molecule has 0 unspecified atom stereocenters. The lowest BCUT2D eigenvalue weighted by molar-refractivity contribution is 0.715. The quantitative estimate of drug-likeness (QED) is 0.784. The molecule has 1 aromatic carbocycles. The highest BCUT2D eigenvalue weighted by atomic mass is 14.9. The number of rotatable bonds is 3. The third kappa shape index (κ3) is 1.64. The van der Waals surface area contributed by atoms with Gasteiger partial charge < -0.3 is 10.3 Å². The molecular formula is C12H14N2. The van der Waals surface area contributed by atoms with Crippen LogP contribution in [0.25, 0.3) is 10.9 Å². The van der Waals surface area contributed by atoms with Gasteiger partial charge in [0.05, 0.1) is 0 Å². The number of aryl methyl sites for hydroxylation is 1. The van der Waals surface area contributed by atoms with E-state index in [1.807, 2.05) is 0 Å². The Morgan fingerprint density at radius 3 is 2.86 bits per heavy atom. The molecule has 0 saturated heterocycles. The van der Waals surface area contributed by atoms with Crippen LogP contribution in [0, 0.1) is 0 Å². The van der Waals surface area contributed by atoms with Crippen LogP contribution in [-0.2, 0) is 6.54 Å². The molecular weight excluding hydrogens is 172 g/mol. The largest absolute Gasteiger partial charge is 0.402 e. The van der Waals surface area contributed by atoms with Gasteiger partial charge in [0.1, 0.15) is 0 Å². The summed E-state index contributed by atoms with van der Waals surface area (Å²) < 4.78 is 2.20. The van der Waals surface area contributed by atoms with Crippen LogP contribution in [-0.4, -0.2) is 4.57 Å². The minimum atomic E-state index is 0.739. The lowest BCUT2D eigenvalue weighted by Crippen LogP contribution is -2.01. The van der Waals surface area contributed by atoms with Gasteiger partial charge in [0.25, 0.3) is 0 Å². The topological polar surface area (TPSA) is 30.9 Å².